The van der Waals surface area contributed by atoms with Gasteiger partial charge in [-0.2, -0.15) is 0 Å². The number of para-hydroxylation sites is 1. The molecule has 1 atom stereocenters. The molecule has 0 N–H and O–H groups in total. The first-order valence-electron chi connectivity index (χ1n) is 8.95. The predicted octanol–water partition coefficient (Wildman–Crippen LogP) is 2.20. The molecule has 0 bridgehead atoms. The molecule has 1 fully saturated rings. The largest absolute Gasteiger partial charge is 0.342 e. The SMILES string of the molecule is CC(=O)N(CCC(=O)N(C)C1CCS(=O)(=O)C1)c1ccccc1C(C)C. The van der Waals surface area contributed by atoms with Gasteiger partial charge in [0.2, 0.25) is 11.8 Å². The monoisotopic (exact) mass is 380 g/mol. The Labute approximate surface area is 156 Å². The van der Waals surface area contributed by atoms with E-state index in [4.69, 9.17) is 0 Å². The predicted molar refractivity (Wildman–Crippen MR) is 103 cm³/mol. The van der Waals surface area contributed by atoms with Crippen LogP contribution in [0.1, 0.15) is 45.1 Å². The second kappa shape index (κ2) is 8.20. The molecular formula is C19H28N2O4S. The van der Waals surface area contributed by atoms with Gasteiger partial charge in [0, 0.05) is 38.7 Å². The fourth-order valence-electron chi connectivity index (χ4n) is 3.34. The summed E-state index contributed by atoms with van der Waals surface area (Å²) >= 11 is 0. The van der Waals surface area contributed by atoms with Gasteiger partial charge in [-0.3, -0.25) is 9.59 Å². The summed E-state index contributed by atoms with van der Waals surface area (Å²) in [6.45, 7) is 5.91. The van der Waals surface area contributed by atoms with E-state index in [1.165, 1.54) is 11.8 Å². The Morgan fingerprint density at radius 1 is 1.23 bits per heavy atom. The van der Waals surface area contributed by atoms with Gasteiger partial charge in [0.15, 0.2) is 9.84 Å². The number of carbonyl (C=O) groups excluding carboxylic acids is 2. The minimum atomic E-state index is -3.04. The molecule has 6 nitrogen and oxygen atoms in total. The van der Waals surface area contributed by atoms with E-state index < -0.39 is 9.84 Å². The second-order valence-corrected chi connectivity index (χ2v) is 9.42. The van der Waals surface area contributed by atoms with E-state index >= 15 is 0 Å². The lowest BCUT2D eigenvalue weighted by Crippen LogP contribution is -2.40. The summed E-state index contributed by atoms with van der Waals surface area (Å²) in [5.41, 5.74) is 1.89. The molecule has 1 saturated heterocycles. The number of carbonyl (C=O) groups is 2. The topological polar surface area (TPSA) is 74.8 Å². The third-order valence-corrected chi connectivity index (χ3v) is 6.68. The van der Waals surface area contributed by atoms with Gasteiger partial charge in [0.25, 0.3) is 0 Å². The highest BCUT2D eigenvalue weighted by molar-refractivity contribution is 7.91. The number of sulfone groups is 1. The van der Waals surface area contributed by atoms with Gasteiger partial charge in [0.1, 0.15) is 0 Å². The zero-order valence-electron chi connectivity index (χ0n) is 15.9. The lowest BCUT2D eigenvalue weighted by Gasteiger charge is -2.28. The van der Waals surface area contributed by atoms with Crippen molar-refractivity contribution in [1.29, 1.82) is 0 Å². The van der Waals surface area contributed by atoms with E-state index in [0.717, 1.165) is 11.3 Å². The molecule has 1 heterocycles. The van der Waals surface area contributed by atoms with Crippen molar-refractivity contribution >= 4 is 27.3 Å². The van der Waals surface area contributed by atoms with Crippen molar-refractivity contribution < 1.29 is 18.0 Å². The van der Waals surface area contributed by atoms with E-state index in [-0.39, 0.29) is 48.2 Å². The maximum absolute atomic E-state index is 12.5. The highest BCUT2D eigenvalue weighted by Crippen LogP contribution is 2.28. The maximum Gasteiger partial charge on any atom is 0.224 e. The Morgan fingerprint density at radius 2 is 1.88 bits per heavy atom. The van der Waals surface area contributed by atoms with E-state index in [2.05, 4.69) is 13.8 Å². The summed E-state index contributed by atoms with van der Waals surface area (Å²) in [5.74, 6) is 0.172. The van der Waals surface area contributed by atoms with E-state index in [0.29, 0.717) is 6.42 Å². The van der Waals surface area contributed by atoms with Crippen molar-refractivity contribution in [2.45, 2.75) is 45.6 Å². The Balaban J connectivity index is 2.08. The third-order valence-electron chi connectivity index (χ3n) is 4.93. The molecule has 1 aliphatic rings. The van der Waals surface area contributed by atoms with Crippen LogP contribution < -0.4 is 4.90 Å². The summed E-state index contributed by atoms with van der Waals surface area (Å²) in [4.78, 5) is 27.8. The van der Waals surface area contributed by atoms with Crippen LogP contribution in [-0.4, -0.2) is 56.3 Å². The van der Waals surface area contributed by atoms with Crippen molar-refractivity contribution in [3.8, 4) is 0 Å². The van der Waals surface area contributed by atoms with Crippen LogP contribution in [0.5, 0.6) is 0 Å². The molecule has 0 aliphatic carbocycles. The summed E-state index contributed by atoms with van der Waals surface area (Å²) in [7, 11) is -1.39. The van der Waals surface area contributed by atoms with Gasteiger partial charge in [0.05, 0.1) is 11.5 Å². The molecule has 0 radical (unpaired) electrons. The van der Waals surface area contributed by atoms with Gasteiger partial charge in [-0.05, 0) is 24.0 Å². The fourth-order valence-corrected chi connectivity index (χ4v) is 5.11. The first-order chi connectivity index (χ1) is 12.1. The van der Waals surface area contributed by atoms with Crippen LogP contribution in [-0.2, 0) is 19.4 Å². The van der Waals surface area contributed by atoms with Crippen molar-refractivity contribution in [3.05, 3.63) is 29.8 Å². The number of benzene rings is 1. The third kappa shape index (κ3) is 4.84. The molecule has 2 amide bonds. The number of hydrogen-bond donors (Lipinski definition) is 0. The van der Waals surface area contributed by atoms with Crippen molar-refractivity contribution in [1.82, 2.24) is 4.90 Å². The highest BCUT2D eigenvalue weighted by atomic mass is 32.2. The first-order valence-corrected chi connectivity index (χ1v) is 10.8. The average Bonchev–Trinajstić information content (AvgIpc) is 2.94. The van der Waals surface area contributed by atoms with Gasteiger partial charge >= 0.3 is 0 Å². The molecule has 0 spiro atoms. The van der Waals surface area contributed by atoms with Gasteiger partial charge in [-0.1, -0.05) is 32.0 Å². The quantitative estimate of drug-likeness (QED) is 0.758. The number of hydrogen-bond acceptors (Lipinski definition) is 4. The minimum Gasteiger partial charge on any atom is -0.342 e. The normalized spacial score (nSPS) is 18.7. The van der Waals surface area contributed by atoms with Crippen LogP contribution in [0.3, 0.4) is 0 Å². The van der Waals surface area contributed by atoms with Crippen molar-refractivity contribution in [2.75, 3.05) is 30.0 Å². The smallest absolute Gasteiger partial charge is 0.224 e. The van der Waals surface area contributed by atoms with Crippen LogP contribution in [0.2, 0.25) is 0 Å². The van der Waals surface area contributed by atoms with Crippen LogP contribution in [0.4, 0.5) is 5.69 Å². The molecule has 144 valence electrons. The van der Waals surface area contributed by atoms with Gasteiger partial charge in [-0.25, -0.2) is 8.42 Å². The van der Waals surface area contributed by atoms with E-state index in [1.54, 1.807) is 11.9 Å². The molecule has 1 unspecified atom stereocenters. The zero-order valence-corrected chi connectivity index (χ0v) is 16.8. The van der Waals surface area contributed by atoms with Gasteiger partial charge < -0.3 is 9.80 Å². The van der Waals surface area contributed by atoms with E-state index in [9.17, 15) is 18.0 Å². The summed E-state index contributed by atoms with van der Waals surface area (Å²) in [5, 5.41) is 0. The minimum absolute atomic E-state index is 0.0296. The van der Waals surface area contributed by atoms with Crippen LogP contribution in [0.15, 0.2) is 24.3 Å². The Hall–Kier alpha value is -1.89. The summed E-state index contributed by atoms with van der Waals surface area (Å²) < 4.78 is 23.2. The number of rotatable bonds is 6. The van der Waals surface area contributed by atoms with Crippen LogP contribution in [0, 0.1) is 0 Å². The van der Waals surface area contributed by atoms with Gasteiger partial charge in [-0.15, -0.1) is 0 Å². The fraction of sp³-hybridized carbons (Fsp3) is 0.579. The second-order valence-electron chi connectivity index (χ2n) is 7.20. The standard InChI is InChI=1S/C19H28N2O4S/c1-14(2)17-7-5-6-8-18(17)21(15(3)22)11-9-19(23)20(4)16-10-12-26(24,25)13-16/h5-8,14,16H,9-13H2,1-4H3. The van der Waals surface area contributed by atoms with Crippen molar-refractivity contribution in [3.63, 3.8) is 0 Å². The molecule has 1 aromatic rings. The molecule has 0 saturated carbocycles. The molecule has 1 aromatic carbocycles. The molecule has 0 aromatic heterocycles. The number of anilines is 1. The number of amides is 2. The molecular weight excluding hydrogens is 352 g/mol. The summed E-state index contributed by atoms with van der Waals surface area (Å²) in [6, 6.07) is 7.45. The van der Waals surface area contributed by atoms with Crippen LogP contribution in [0.25, 0.3) is 0 Å². The molecule has 2 rings (SSSR count). The Morgan fingerprint density at radius 3 is 2.42 bits per heavy atom. The summed E-state index contributed by atoms with van der Waals surface area (Å²) in [6.07, 6.45) is 0.649. The Bertz CT molecular complexity index is 773. The molecule has 26 heavy (non-hydrogen) atoms. The lowest BCUT2D eigenvalue weighted by molar-refractivity contribution is -0.131. The lowest BCUT2D eigenvalue weighted by atomic mass is 10.00. The molecule has 1 aliphatic heterocycles. The number of nitrogens with zero attached hydrogens (tertiary/aromatic N) is 2. The average molecular weight is 381 g/mol. The Kier molecular flexibility index (Phi) is 6.44. The van der Waals surface area contributed by atoms with Crippen molar-refractivity contribution in [2.24, 2.45) is 0 Å². The zero-order chi connectivity index (χ0) is 19.5. The maximum atomic E-state index is 12.5. The van der Waals surface area contributed by atoms with Crippen LogP contribution >= 0.6 is 0 Å². The highest BCUT2D eigenvalue weighted by Gasteiger charge is 2.32. The first kappa shape index (κ1) is 20.4. The van der Waals surface area contributed by atoms with E-state index in [1.807, 2.05) is 24.3 Å². The molecule has 7 heteroatoms.